The molecule has 13 nitrogen and oxygen atoms in total. The van der Waals surface area contributed by atoms with Crippen LogP contribution in [0.4, 0.5) is 19.0 Å². The number of aromatic nitrogens is 4. The van der Waals surface area contributed by atoms with Crippen LogP contribution in [0.25, 0.3) is 17.3 Å². The fraction of sp³-hybridized carbons (Fsp3) is 0.562. The Hall–Kier alpha value is -3.48. The molecule has 17 heteroatoms. The predicted molar refractivity (Wildman–Crippen MR) is 180 cm³/mol. The van der Waals surface area contributed by atoms with Gasteiger partial charge in [0.25, 0.3) is 0 Å². The molecule has 0 saturated carbocycles. The lowest BCUT2D eigenvalue weighted by Crippen LogP contribution is -2.43. The molecule has 4 N–H and O–H groups in total. The Balaban J connectivity index is 1.18. The van der Waals surface area contributed by atoms with Gasteiger partial charge in [-0.2, -0.15) is 22.6 Å². The molecular formula is C32H44F3N9O4S. The van der Waals surface area contributed by atoms with E-state index in [0.717, 1.165) is 42.4 Å². The number of fused-ring (bicyclic) bond motifs is 2. The molecule has 2 unspecified atom stereocenters. The molecule has 1 aromatic carbocycles. The van der Waals surface area contributed by atoms with Crippen molar-refractivity contribution in [1.29, 1.82) is 0 Å². The smallest absolute Gasteiger partial charge is 0.390 e. The molecule has 0 spiro atoms. The number of β-amino-alcohol motifs (C(OH)–C–C–N with tert-alkyl or cyclic N) is 1. The lowest BCUT2D eigenvalue weighted by molar-refractivity contribution is -0.138. The Morgan fingerprint density at radius 3 is 2.51 bits per heavy atom. The van der Waals surface area contributed by atoms with Crippen LogP contribution in [0.15, 0.2) is 29.1 Å². The number of likely N-dealkylation sites (tertiary alicyclic amines) is 1. The molecule has 3 aliphatic heterocycles. The summed E-state index contributed by atoms with van der Waals surface area (Å²) in [4.78, 5) is 17.5. The number of aliphatic hydroxyl groups excluding tert-OH is 1. The zero-order chi connectivity index (χ0) is 35.4. The highest BCUT2D eigenvalue weighted by Crippen LogP contribution is 2.37. The van der Waals surface area contributed by atoms with Crippen LogP contribution in [0.3, 0.4) is 0 Å². The number of sulfonamides is 1. The van der Waals surface area contributed by atoms with Gasteiger partial charge >= 0.3 is 11.9 Å². The maximum atomic E-state index is 13.6. The van der Waals surface area contributed by atoms with Gasteiger partial charge in [-0.05, 0) is 56.8 Å². The lowest BCUT2D eigenvalue weighted by Gasteiger charge is -2.35. The summed E-state index contributed by atoms with van der Waals surface area (Å²) in [6, 6.07) is 3.66. The number of rotatable bonds is 9. The van der Waals surface area contributed by atoms with E-state index in [0.29, 0.717) is 42.9 Å². The summed E-state index contributed by atoms with van der Waals surface area (Å²) in [6.07, 6.45) is 1.49. The summed E-state index contributed by atoms with van der Waals surface area (Å²) in [5, 5.41) is 19.5. The first kappa shape index (κ1) is 35.3. The van der Waals surface area contributed by atoms with Crippen molar-refractivity contribution < 1.29 is 26.7 Å². The molecule has 0 amide bonds. The van der Waals surface area contributed by atoms with Crippen molar-refractivity contribution in [2.75, 3.05) is 51.8 Å². The van der Waals surface area contributed by atoms with Crippen molar-refractivity contribution in [2.24, 2.45) is 12.8 Å². The molecule has 2 aromatic heterocycles. The van der Waals surface area contributed by atoms with Gasteiger partial charge in [0, 0.05) is 75.6 Å². The number of benzene rings is 1. The van der Waals surface area contributed by atoms with E-state index in [-0.39, 0.29) is 49.6 Å². The Labute approximate surface area is 283 Å². The van der Waals surface area contributed by atoms with E-state index in [1.54, 1.807) is 16.3 Å². The van der Waals surface area contributed by atoms with Crippen molar-refractivity contribution in [1.82, 2.24) is 33.0 Å². The summed E-state index contributed by atoms with van der Waals surface area (Å²) in [5.41, 5.74) is 7.67. The van der Waals surface area contributed by atoms with Crippen molar-refractivity contribution in [3.05, 3.63) is 62.8 Å². The van der Waals surface area contributed by atoms with Crippen LogP contribution in [0.1, 0.15) is 47.0 Å². The number of aliphatic hydroxyl groups is 1. The zero-order valence-electron chi connectivity index (χ0n) is 28.1. The van der Waals surface area contributed by atoms with Crippen LogP contribution in [-0.4, -0.2) is 105 Å². The Kier molecular flexibility index (Phi) is 9.62. The number of nitrogens with one attached hydrogen (secondary N) is 1. The van der Waals surface area contributed by atoms with E-state index in [1.165, 1.54) is 16.4 Å². The third-order valence-corrected chi connectivity index (χ3v) is 11.1. The molecule has 5 heterocycles. The minimum absolute atomic E-state index is 0.00159. The molecule has 49 heavy (non-hydrogen) atoms. The highest BCUT2D eigenvalue weighted by molar-refractivity contribution is 7.88. The summed E-state index contributed by atoms with van der Waals surface area (Å²) in [7, 11) is 2.18. The van der Waals surface area contributed by atoms with E-state index in [9.17, 15) is 31.5 Å². The summed E-state index contributed by atoms with van der Waals surface area (Å²) in [6.45, 7) is 1.74. The Bertz CT molecular complexity index is 1910. The number of hydrogen-bond acceptors (Lipinski definition) is 9. The van der Waals surface area contributed by atoms with Gasteiger partial charge in [0.1, 0.15) is 5.82 Å². The van der Waals surface area contributed by atoms with Crippen LogP contribution >= 0.6 is 0 Å². The van der Waals surface area contributed by atoms with E-state index < -0.39 is 27.9 Å². The minimum atomic E-state index is -4.57. The molecule has 0 aliphatic carbocycles. The first-order valence-corrected chi connectivity index (χ1v) is 18.2. The van der Waals surface area contributed by atoms with Gasteiger partial charge in [-0.15, -0.1) is 0 Å². The Morgan fingerprint density at radius 2 is 1.88 bits per heavy atom. The first-order valence-electron chi connectivity index (χ1n) is 16.3. The highest BCUT2D eigenvalue weighted by Gasteiger charge is 2.35. The van der Waals surface area contributed by atoms with Gasteiger partial charge in [-0.3, -0.25) is 18.7 Å². The maximum absolute atomic E-state index is 13.6. The van der Waals surface area contributed by atoms with E-state index in [1.807, 2.05) is 35.7 Å². The topological polar surface area (TPSA) is 147 Å². The molecule has 3 aliphatic rings. The van der Waals surface area contributed by atoms with Gasteiger partial charge in [-0.1, -0.05) is 6.07 Å². The van der Waals surface area contributed by atoms with Gasteiger partial charge in [0.05, 0.1) is 42.0 Å². The quantitative estimate of drug-likeness (QED) is 0.304. The summed E-state index contributed by atoms with van der Waals surface area (Å²) in [5.74, 6) is 0.813. The second kappa shape index (κ2) is 13.3. The van der Waals surface area contributed by atoms with Crippen LogP contribution < -0.4 is 16.7 Å². The normalized spacial score (nSPS) is 20.0. The van der Waals surface area contributed by atoms with Crippen LogP contribution in [0, 0.1) is 0 Å². The second-order valence-corrected chi connectivity index (χ2v) is 15.4. The number of piperidine rings is 1. The summed E-state index contributed by atoms with van der Waals surface area (Å²) >= 11 is 0. The van der Waals surface area contributed by atoms with Gasteiger partial charge < -0.3 is 21.1 Å². The molecule has 0 bridgehead atoms. The van der Waals surface area contributed by atoms with E-state index >= 15 is 0 Å². The third-order valence-electron chi connectivity index (χ3n) is 9.86. The molecule has 1 saturated heterocycles. The molecule has 1 fully saturated rings. The van der Waals surface area contributed by atoms with Crippen LogP contribution in [0.5, 0.6) is 0 Å². The summed E-state index contributed by atoms with van der Waals surface area (Å²) < 4.78 is 72.2. The number of likely N-dealkylation sites (N-methyl/N-ethyl adjacent to an activating group) is 1. The van der Waals surface area contributed by atoms with Crippen LogP contribution in [0.2, 0.25) is 0 Å². The number of hydrogen-bond donors (Lipinski definition) is 3. The lowest BCUT2D eigenvalue weighted by atomic mass is 9.97. The molecule has 2 atom stereocenters. The number of alkyl halides is 3. The molecule has 0 radical (unpaired) electrons. The number of imidazole rings is 1. The monoisotopic (exact) mass is 707 g/mol. The van der Waals surface area contributed by atoms with E-state index in [4.69, 9.17) is 10.8 Å². The first-order chi connectivity index (χ1) is 23.1. The Morgan fingerprint density at radius 1 is 1.16 bits per heavy atom. The predicted octanol–water partition coefficient (Wildman–Crippen LogP) is 1.87. The number of nitrogens with zero attached hydrogens (tertiary/aromatic N) is 7. The number of nitrogens with two attached hydrogens (primary N) is 1. The van der Waals surface area contributed by atoms with Crippen molar-refractivity contribution in [2.45, 2.75) is 63.4 Å². The second-order valence-electron chi connectivity index (χ2n) is 13.4. The van der Waals surface area contributed by atoms with Crippen molar-refractivity contribution in [3.63, 3.8) is 0 Å². The maximum Gasteiger partial charge on any atom is 0.416 e. The molecular weight excluding hydrogens is 663 g/mol. The van der Waals surface area contributed by atoms with Gasteiger partial charge in [0.2, 0.25) is 10.0 Å². The average molecular weight is 708 g/mol. The minimum Gasteiger partial charge on any atom is -0.390 e. The number of anilines is 1. The fourth-order valence-electron chi connectivity index (χ4n) is 7.22. The molecule has 3 aromatic rings. The zero-order valence-corrected chi connectivity index (χ0v) is 28.9. The van der Waals surface area contributed by atoms with Crippen molar-refractivity contribution in [3.8, 4) is 11.3 Å². The van der Waals surface area contributed by atoms with Crippen molar-refractivity contribution >= 4 is 21.9 Å². The third kappa shape index (κ3) is 6.96. The average Bonchev–Trinajstić information content (AvgIpc) is 3.53. The van der Waals surface area contributed by atoms with Gasteiger partial charge in [0.15, 0.2) is 0 Å². The molecule has 268 valence electrons. The SMILES string of the molecule is CN(C)C1C=Cc2c(n(C3CCN(CC(O)Cn4nc(-c5ccc(C(F)(F)F)c(CN)c5)c5c4CCN(S(C)(=O)=O)C5)CC3)c(=O)n2C)N1. The fourth-order valence-corrected chi connectivity index (χ4v) is 8.01. The van der Waals surface area contributed by atoms with Crippen LogP contribution in [-0.2, 0) is 49.3 Å². The molecule has 6 rings (SSSR count). The number of halogens is 3. The highest BCUT2D eigenvalue weighted by atomic mass is 32.2. The standard InChI is InChI=1S/C32H44F3N9O4S/c1-39(2)28-8-7-27-30(37-28)44(31(46)40(27)3)22-9-12-41(13-10-22)17-23(45)18-43-26-11-14-42(49(4,47)48)19-24(26)29(38-43)20-5-6-25(32(33,34)35)21(15-20)16-36/h5-8,15,22-23,28,37,45H,9-14,16-19,36H2,1-4H3. The largest absolute Gasteiger partial charge is 0.416 e. The van der Waals surface area contributed by atoms with Gasteiger partial charge in [-0.25, -0.2) is 13.2 Å². The van der Waals surface area contributed by atoms with E-state index in [2.05, 4.69) is 10.2 Å².